The minimum absolute atomic E-state index is 0.106. The number of hydrogen-bond donors (Lipinski definition) is 2. The van der Waals surface area contributed by atoms with Crippen LogP contribution in [0.5, 0.6) is 17.2 Å². The van der Waals surface area contributed by atoms with Gasteiger partial charge in [-0.25, -0.2) is 0 Å². The van der Waals surface area contributed by atoms with Gasteiger partial charge in [0.05, 0.1) is 19.4 Å². The summed E-state index contributed by atoms with van der Waals surface area (Å²) in [4.78, 5) is 25.1. The largest absolute Gasteiger partial charge is 0.507 e. The third-order valence-corrected chi connectivity index (χ3v) is 6.03. The number of carboxylic acid groups (broad SMARTS) is 1. The molecule has 0 bridgehead atoms. The Hall–Kier alpha value is -3.28. The minimum Gasteiger partial charge on any atom is -0.507 e. The lowest BCUT2D eigenvalue weighted by atomic mass is 9.80. The van der Waals surface area contributed by atoms with Crippen LogP contribution in [0.15, 0.2) is 42.0 Å². The van der Waals surface area contributed by atoms with Crippen molar-refractivity contribution in [1.82, 2.24) is 0 Å². The van der Waals surface area contributed by atoms with E-state index in [9.17, 15) is 19.8 Å². The van der Waals surface area contributed by atoms with E-state index in [1.165, 1.54) is 7.11 Å². The second-order valence-corrected chi connectivity index (χ2v) is 8.50. The Morgan fingerprint density at radius 2 is 1.88 bits per heavy atom. The van der Waals surface area contributed by atoms with Gasteiger partial charge in [-0.2, -0.15) is 0 Å². The SMILES string of the molecule is COc1c(CC=C(C)C)c(O)c2c(c1C(CC(=O)O)c1ccccc1)OC(C)C(C)C2=O. The van der Waals surface area contributed by atoms with E-state index in [0.717, 1.165) is 11.1 Å². The molecule has 2 N–H and O–H groups in total. The van der Waals surface area contributed by atoms with Crippen LogP contribution < -0.4 is 9.47 Å². The highest BCUT2D eigenvalue weighted by Gasteiger charge is 2.40. The zero-order chi connectivity index (χ0) is 23.6. The van der Waals surface area contributed by atoms with Gasteiger partial charge in [-0.1, -0.05) is 48.9 Å². The standard InChI is InChI=1S/C26H30O6/c1-14(2)11-12-18-24(30)22-23(29)15(3)16(4)32-26(22)21(25(18)31-5)19(13-20(27)28)17-9-7-6-8-10-17/h6-11,15-16,19,30H,12-13H2,1-5H3,(H,27,28). The smallest absolute Gasteiger partial charge is 0.304 e. The number of allylic oxidation sites excluding steroid dienone is 2. The third-order valence-electron chi connectivity index (χ3n) is 6.03. The van der Waals surface area contributed by atoms with E-state index >= 15 is 0 Å². The van der Waals surface area contributed by atoms with Crippen LogP contribution in [0.25, 0.3) is 0 Å². The highest BCUT2D eigenvalue weighted by atomic mass is 16.5. The number of aromatic hydroxyl groups is 1. The van der Waals surface area contributed by atoms with Gasteiger partial charge in [0.1, 0.15) is 28.9 Å². The Morgan fingerprint density at radius 3 is 2.44 bits per heavy atom. The van der Waals surface area contributed by atoms with Crippen molar-refractivity contribution in [3.63, 3.8) is 0 Å². The summed E-state index contributed by atoms with van der Waals surface area (Å²) >= 11 is 0. The van der Waals surface area contributed by atoms with Crippen LogP contribution in [0.3, 0.4) is 0 Å². The van der Waals surface area contributed by atoms with Gasteiger partial charge >= 0.3 is 5.97 Å². The lowest BCUT2D eigenvalue weighted by Crippen LogP contribution is -2.35. The van der Waals surface area contributed by atoms with E-state index in [-0.39, 0.29) is 29.3 Å². The first-order chi connectivity index (χ1) is 15.2. The van der Waals surface area contributed by atoms with Crippen molar-refractivity contribution in [1.29, 1.82) is 0 Å². The summed E-state index contributed by atoms with van der Waals surface area (Å²) in [6.45, 7) is 7.45. The lowest BCUT2D eigenvalue weighted by molar-refractivity contribution is -0.137. The fourth-order valence-electron chi connectivity index (χ4n) is 4.14. The van der Waals surface area contributed by atoms with Crippen molar-refractivity contribution < 1.29 is 29.3 Å². The van der Waals surface area contributed by atoms with E-state index in [4.69, 9.17) is 9.47 Å². The predicted molar refractivity (Wildman–Crippen MR) is 122 cm³/mol. The first-order valence-electron chi connectivity index (χ1n) is 10.7. The molecule has 1 aliphatic heterocycles. The van der Waals surface area contributed by atoms with Crippen LogP contribution in [0.4, 0.5) is 0 Å². The Balaban J connectivity index is 2.41. The molecule has 6 nitrogen and oxygen atoms in total. The molecule has 1 aliphatic rings. The molecule has 0 aromatic heterocycles. The van der Waals surface area contributed by atoms with Crippen molar-refractivity contribution >= 4 is 11.8 Å². The highest BCUT2D eigenvalue weighted by molar-refractivity contribution is 6.05. The molecule has 0 saturated carbocycles. The number of benzene rings is 2. The molecular weight excluding hydrogens is 408 g/mol. The summed E-state index contributed by atoms with van der Waals surface area (Å²) in [6, 6.07) is 9.22. The zero-order valence-corrected chi connectivity index (χ0v) is 19.1. The first-order valence-corrected chi connectivity index (χ1v) is 10.7. The number of carbonyl (C=O) groups excluding carboxylic acids is 1. The number of phenols is 1. The molecule has 2 aromatic carbocycles. The fourth-order valence-corrected chi connectivity index (χ4v) is 4.14. The van der Waals surface area contributed by atoms with Crippen LogP contribution in [0.2, 0.25) is 0 Å². The third kappa shape index (κ3) is 4.35. The topological polar surface area (TPSA) is 93.1 Å². The van der Waals surface area contributed by atoms with E-state index < -0.39 is 23.9 Å². The van der Waals surface area contributed by atoms with Crippen LogP contribution in [0, 0.1) is 5.92 Å². The van der Waals surface area contributed by atoms with E-state index in [1.807, 2.05) is 50.3 Å². The molecule has 0 aliphatic carbocycles. The van der Waals surface area contributed by atoms with Crippen LogP contribution in [-0.4, -0.2) is 35.2 Å². The minimum atomic E-state index is -0.989. The summed E-state index contributed by atoms with van der Waals surface area (Å²) in [5, 5.41) is 20.9. The molecule has 1 heterocycles. The second-order valence-electron chi connectivity index (χ2n) is 8.50. The molecule has 2 aromatic rings. The summed E-state index contributed by atoms with van der Waals surface area (Å²) in [5.74, 6) is -1.88. The second kappa shape index (κ2) is 9.47. The molecule has 0 saturated heterocycles. The van der Waals surface area contributed by atoms with Crippen molar-refractivity contribution in [3.05, 3.63) is 64.2 Å². The normalized spacial score (nSPS) is 18.3. The summed E-state index contributed by atoms with van der Waals surface area (Å²) in [7, 11) is 1.48. The Kier molecular flexibility index (Phi) is 6.92. The first kappa shape index (κ1) is 23.4. The number of aliphatic carboxylic acids is 1. The average molecular weight is 439 g/mol. The van der Waals surface area contributed by atoms with E-state index in [2.05, 4.69) is 0 Å². The number of ketones is 1. The Morgan fingerprint density at radius 1 is 1.22 bits per heavy atom. The molecule has 32 heavy (non-hydrogen) atoms. The lowest BCUT2D eigenvalue weighted by Gasteiger charge is -2.34. The highest BCUT2D eigenvalue weighted by Crippen LogP contribution is 2.52. The molecular formula is C26H30O6. The zero-order valence-electron chi connectivity index (χ0n) is 19.1. The van der Waals surface area contributed by atoms with Gasteiger partial charge in [0, 0.05) is 17.0 Å². The monoisotopic (exact) mass is 438 g/mol. The summed E-state index contributed by atoms with van der Waals surface area (Å²) in [6.07, 6.45) is 1.62. The maximum atomic E-state index is 13.3. The van der Waals surface area contributed by atoms with Gasteiger partial charge in [0.2, 0.25) is 0 Å². The molecule has 3 rings (SSSR count). The molecule has 3 unspecified atom stereocenters. The van der Waals surface area contributed by atoms with Crippen molar-refractivity contribution in [2.75, 3.05) is 7.11 Å². The van der Waals surface area contributed by atoms with Gasteiger partial charge in [-0.05, 0) is 32.8 Å². The van der Waals surface area contributed by atoms with Crippen LogP contribution >= 0.6 is 0 Å². The van der Waals surface area contributed by atoms with Gasteiger partial charge < -0.3 is 19.7 Å². The average Bonchev–Trinajstić information content (AvgIpc) is 2.75. The number of Topliss-reactive ketones (excluding diaryl/α,β-unsaturated/α-hetero) is 1. The number of hydrogen-bond acceptors (Lipinski definition) is 5. The number of fused-ring (bicyclic) bond motifs is 1. The predicted octanol–water partition coefficient (Wildman–Crippen LogP) is 5.12. The van der Waals surface area contributed by atoms with Gasteiger partial charge in [-0.3, -0.25) is 9.59 Å². The molecule has 6 heteroatoms. The Labute approximate surface area is 188 Å². The number of phenolic OH excluding ortho intramolecular Hbond substituents is 1. The number of methoxy groups -OCH3 is 1. The van der Waals surface area contributed by atoms with Crippen molar-refractivity contribution in [3.8, 4) is 17.2 Å². The van der Waals surface area contributed by atoms with Crippen LogP contribution in [-0.2, 0) is 11.2 Å². The van der Waals surface area contributed by atoms with E-state index in [1.54, 1.807) is 13.8 Å². The molecule has 0 spiro atoms. The van der Waals surface area contributed by atoms with Crippen LogP contribution in [0.1, 0.15) is 67.1 Å². The fraction of sp³-hybridized carbons (Fsp3) is 0.385. The molecule has 0 radical (unpaired) electrons. The Bertz CT molecular complexity index is 1050. The molecule has 170 valence electrons. The van der Waals surface area contributed by atoms with Gasteiger partial charge in [-0.15, -0.1) is 0 Å². The molecule has 0 fully saturated rings. The number of ether oxygens (including phenoxy) is 2. The number of carbonyl (C=O) groups is 2. The maximum absolute atomic E-state index is 13.3. The quantitative estimate of drug-likeness (QED) is 0.583. The summed E-state index contributed by atoms with van der Waals surface area (Å²) in [5.41, 5.74) is 2.84. The maximum Gasteiger partial charge on any atom is 0.304 e. The van der Waals surface area contributed by atoms with E-state index in [0.29, 0.717) is 23.3 Å². The van der Waals surface area contributed by atoms with Gasteiger partial charge in [0.15, 0.2) is 5.78 Å². The number of carboxylic acids is 1. The van der Waals surface area contributed by atoms with Crippen molar-refractivity contribution in [2.45, 2.75) is 52.6 Å². The molecule has 0 amide bonds. The summed E-state index contributed by atoms with van der Waals surface area (Å²) < 4.78 is 11.9. The van der Waals surface area contributed by atoms with Crippen molar-refractivity contribution in [2.24, 2.45) is 5.92 Å². The molecule has 3 atom stereocenters. The van der Waals surface area contributed by atoms with Gasteiger partial charge in [0.25, 0.3) is 0 Å². The number of rotatable bonds is 7.